The average molecular weight is 453 g/mol. The standard InChI is InChI=1S/C20H24N2O6S2/c1-28-17-6-8-18(9-7-17)30(26,27)22-12-10-16(11-13-22)21-20(23)15-4-3-5-19(14-15)29(2,24)25/h3-9,14,16H,10-13H2,1-2H3,(H,21,23). The Kier molecular flexibility index (Phi) is 6.49. The molecule has 1 amide bonds. The number of hydrogen-bond donors (Lipinski definition) is 1. The van der Waals surface area contributed by atoms with Crippen LogP contribution in [0.4, 0.5) is 0 Å². The average Bonchev–Trinajstić information content (AvgIpc) is 2.73. The summed E-state index contributed by atoms with van der Waals surface area (Å²) < 4.78 is 55.4. The van der Waals surface area contributed by atoms with Gasteiger partial charge in [-0.2, -0.15) is 4.31 Å². The fraction of sp³-hybridized carbons (Fsp3) is 0.350. The minimum Gasteiger partial charge on any atom is -0.497 e. The second kappa shape index (κ2) is 8.75. The second-order valence-electron chi connectivity index (χ2n) is 7.13. The van der Waals surface area contributed by atoms with Crippen molar-refractivity contribution in [1.29, 1.82) is 0 Å². The first-order valence-electron chi connectivity index (χ1n) is 9.36. The van der Waals surface area contributed by atoms with Crippen LogP contribution in [-0.4, -0.2) is 59.5 Å². The molecule has 1 heterocycles. The van der Waals surface area contributed by atoms with Gasteiger partial charge < -0.3 is 10.1 Å². The van der Waals surface area contributed by atoms with Gasteiger partial charge in [0.05, 0.1) is 16.9 Å². The number of amides is 1. The summed E-state index contributed by atoms with van der Waals surface area (Å²) in [4.78, 5) is 12.8. The van der Waals surface area contributed by atoms with Gasteiger partial charge in [0.25, 0.3) is 5.91 Å². The maximum Gasteiger partial charge on any atom is 0.251 e. The lowest BCUT2D eigenvalue weighted by atomic mass is 10.1. The third-order valence-electron chi connectivity index (χ3n) is 5.01. The van der Waals surface area contributed by atoms with Crippen LogP contribution in [0.2, 0.25) is 0 Å². The Balaban J connectivity index is 1.62. The van der Waals surface area contributed by atoms with Crippen molar-refractivity contribution in [3.63, 3.8) is 0 Å². The monoisotopic (exact) mass is 452 g/mol. The molecule has 0 aliphatic carbocycles. The minimum atomic E-state index is -3.61. The van der Waals surface area contributed by atoms with Gasteiger partial charge in [0.1, 0.15) is 5.75 Å². The van der Waals surface area contributed by atoms with Crippen LogP contribution in [0.3, 0.4) is 0 Å². The lowest BCUT2D eigenvalue weighted by Crippen LogP contribution is -2.46. The third-order valence-corrected chi connectivity index (χ3v) is 8.03. The Morgan fingerprint density at radius 3 is 2.20 bits per heavy atom. The Hall–Kier alpha value is -2.43. The highest BCUT2D eigenvalue weighted by atomic mass is 32.2. The number of benzene rings is 2. The molecule has 2 aromatic carbocycles. The van der Waals surface area contributed by atoms with Crippen molar-refractivity contribution in [1.82, 2.24) is 9.62 Å². The van der Waals surface area contributed by atoms with Crippen LogP contribution in [0.1, 0.15) is 23.2 Å². The number of rotatable bonds is 6. The molecule has 30 heavy (non-hydrogen) atoms. The summed E-state index contributed by atoms with van der Waals surface area (Å²) in [5.74, 6) is 0.201. The molecule has 0 bridgehead atoms. The summed E-state index contributed by atoms with van der Waals surface area (Å²) in [6, 6.07) is 11.9. The van der Waals surface area contributed by atoms with E-state index in [2.05, 4.69) is 5.32 Å². The first-order chi connectivity index (χ1) is 14.1. The first kappa shape index (κ1) is 22.3. The lowest BCUT2D eigenvalue weighted by molar-refractivity contribution is 0.0923. The van der Waals surface area contributed by atoms with Gasteiger partial charge in [-0.15, -0.1) is 0 Å². The van der Waals surface area contributed by atoms with E-state index in [4.69, 9.17) is 4.74 Å². The number of sulfone groups is 1. The van der Waals surface area contributed by atoms with Crippen molar-refractivity contribution in [2.24, 2.45) is 0 Å². The summed E-state index contributed by atoms with van der Waals surface area (Å²) in [7, 11) is -5.51. The maximum absolute atomic E-state index is 12.8. The molecule has 3 rings (SSSR count). The van der Waals surface area contributed by atoms with Crippen molar-refractivity contribution >= 4 is 25.8 Å². The van der Waals surface area contributed by atoms with Gasteiger partial charge in [0, 0.05) is 31.0 Å². The Morgan fingerprint density at radius 1 is 1.00 bits per heavy atom. The van der Waals surface area contributed by atoms with Crippen LogP contribution in [0.15, 0.2) is 58.3 Å². The summed E-state index contributed by atoms with van der Waals surface area (Å²) in [5.41, 5.74) is 0.256. The molecule has 1 saturated heterocycles. The normalized spacial score (nSPS) is 16.2. The molecule has 0 aromatic heterocycles. The number of carbonyl (C=O) groups excluding carboxylic acids is 1. The zero-order chi connectivity index (χ0) is 21.9. The van der Waals surface area contributed by atoms with Gasteiger partial charge in [-0.1, -0.05) is 6.07 Å². The molecule has 1 N–H and O–H groups in total. The van der Waals surface area contributed by atoms with Crippen molar-refractivity contribution in [3.05, 3.63) is 54.1 Å². The molecule has 0 unspecified atom stereocenters. The molecular weight excluding hydrogens is 428 g/mol. The second-order valence-corrected chi connectivity index (χ2v) is 11.1. The molecule has 162 valence electrons. The van der Waals surface area contributed by atoms with Gasteiger partial charge in [-0.25, -0.2) is 16.8 Å². The summed E-state index contributed by atoms with van der Waals surface area (Å²) in [6.07, 6.45) is 2.02. The highest BCUT2D eigenvalue weighted by Crippen LogP contribution is 2.23. The first-order valence-corrected chi connectivity index (χ1v) is 12.7. The van der Waals surface area contributed by atoms with E-state index >= 15 is 0 Å². The quantitative estimate of drug-likeness (QED) is 0.714. The largest absolute Gasteiger partial charge is 0.497 e. The Bertz CT molecular complexity index is 1120. The summed E-state index contributed by atoms with van der Waals surface area (Å²) in [6.45, 7) is 0.561. The van der Waals surface area contributed by atoms with E-state index in [-0.39, 0.29) is 40.4 Å². The predicted octanol–water partition coefficient (Wildman–Crippen LogP) is 1.68. The number of ether oxygens (including phenoxy) is 1. The summed E-state index contributed by atoms with van der Waals surface area (Å²) >= 11 is 0. The molecule has 2 aromatic rings. The topological polar surface area (TPSA) is 110 Å². The molecule has 8 nitrogen and oxygen atoms in total. The maximum atomic E-state index is 12.8. The van der Waals surface area contributed by atoms with E-state index in [0.29, 0.717) is 18.6 Å². The van der Waals surface area contributed by atoms with Crippen molar-refractivity contribution < 1.29 is 26.4 Å². The van der Waals surface area contributed by atoms with Crippen LogP contribution in [0, 0.1) is 0 Å². The number of sulfonamides is 1. The van der Waals surface area contributed by atoms with Crippen LogP contribution in [-0.2, 0) is 19.9 Å². The number of hydrogen-bond acceptors (Lipinski definition) is 6. The fourth-order valence-electron chi connectivity index (χ4n) is 3.27. The number of methoxy groups -OCH3 is 1. The predicted molar refractivity (Wildman–Crippen MR) is 112 cm³/mol. The Labute approximate surface area is 176 Å². The van der Waals surface area contributed by atoms with Crippen molar-refractivity contribution in [2.75, 3.05) is 26.5 Å². The number of carbonyl (C=O) groups is 1. The van der Waals surface area contributed by atoms with E-state index in [1.165, 1.54) is 41.7 Å². The smallest absolute Gasteiger partial charge is 0.251 e. The molecule has 1 aliphatic heterocycles. The highest BCUT2D eigenvalue weighted by molar-refractivity contribution is 7.90. The van der Waals surface area contributed by atoms with E-state index in [0.717, 1.165) is 6.26 Å². The van der Waals surface area contributed by atoms with Crippen molar-refractivity contribution in [2.45, 2.75) is 28.7 Å². The third kappa shape index (κ3) is 5.00. The molecule has 10 heteroatoms. The molecule has 0 spiro atoms. The minimum absolute atomic E-state index is 0.0792. The van der Waals surface area contributed by atoms with Crippen LogP contribution in [0.5, 0.6) is 5.75 Å². The SMILES string of the molecule is COc1ccc(S(=O)(=O)N2CCC(NC(=O)c3cccc(S(C)(=O)=O)c3)CC2)cc1. The zero-order valence-corrected chi connectivity index (χ0v) is 18.4. The molecule has 1 aliphatic rings. The van der Waals surface area contributed by atoms with Gasteiger partial charge in [-0.3, -0.25) is 4.79 Å². The van der Waals surface area contributed by atoms with Crippen LogP contribution >= 0.6 is 0 Å². The molecular formula is C20H24N2O6S2. The number of nitrogens with zero attached hydrogens (tertiary/aromatic N) is 1. The van der Waals surface area contributed by atoms with E-state index in [1.807, 2.05) is 0 Å². The van der Waals surface area contributed by atoms with Crippen LogP contribution < -0.4 is 10.1 Å². The molecule has 0 saturated carbocycles. The van der Waals surface area contributed by atoms with E-state index in [1.54, 1.807) is 18.2 Å². The van der Waals surface area contributed by atoms with Gasteiger partial charge in [-0.05, 0) is 55.3 Å². The molecule has 0 atom stereocenters. The van der Waals surface area contributed by atoms with E-state index in [9.17, 15) is 21.6 Å². The van der Waals surface area contributed by atoms with Crippen LogP contribution in [0.25, 0.3) is 0 Å². The van der Waals surface area contributed by atoms with E-state index < -0.39 is 19.9 Å². The lowest BCUT2D eigenvalue weighted by Gasteiger charge is -2.31. The fourth-order valence-corrected chi connectivity index (χ4v) is 5.41. The zero-order valence-electron chi connectivity index (χ0n) is 16.7. The Morgan fingerprint density at radius 2 is 1.63 bits per heavy atom. The molecule has 0 radical (unpaired) electrons. The number of piperidine rings is 1. The highest BCUT2D eigenvalue weighted by Gasteiger charge is 2.30. The number of nitrogens with one attached hydrogen (secondary N) is 1. The van der Waals surface area contributed by atoms with Crippen molar-refractivity contribution in [3.8, 4) is 5.75 Å². The van der Waals surface area contributed by atoms with Gasteiger partial charge >= 0.3 is 0 Å². The summed E-state index contributed by atoms with van der Waals surface area (Å²) in [5, 5.41) is 2.87. The molecule has 1 fully saturated rings. The van der Waals surface area contributed by atoms with Gasteiger partial charge in [0.2, 0.25) is 10.0 Å². The van der Waals surface area contributed by atoms with Gasteiger partial charge in [0.15, 0.2) is 9.84 Å².